The molecule has 1 atom stereocenters. The lowest BCUT2D eigenvalue weighted by atomic mass is 9.93. The van der Waals surface area contributed by atoms with Crippen molar-refractivity contribution in [2.24, 2.45) is 11.8 Å². The standard InChI is InChI=1S/C18H28N2O4S/c1-6-25(22,23)20-11-16(24-15-10-8-7-9-14(15)20)18(21)19-17(12(2)3)13(4)5/h7-10,12-13,16-17H,6,11H2,1-5H3,(H,19,21)/t16-/m1/s1. The van der Waals surface area contributed by atoms with Gasteiger partial charge < -0.3 is 10.1 Å². The molecule has 0 radical (unpaired) electrons. The van der Waals surface area contributed by atoms with Gasteiger partial charge in [0.2, 0.25) is 10.0 Å². The van der Waals surface area contributed by atoms with E-state index in [1.807, 2.05) is 0 Å². The molecule has 25 heavy (non-hydrogen) atoms. The maximum atomic E-state index is 12.7. The van der Waals surface area contributed by atoms with Crippen molar-refractivity contribution in [3.63, 3.8) is 0 Å². The van der Waals surface area contributed by atoms with Crippen LogP contribution in [0.25, 0.3) is 0 Å². The Morgan fingerprint density at radius 1 is 1.24 bits per heavy atom. The average Bonchev–Trinajstić information content (AvgIpc) is 2.57. The highest BCUT2D eigenvalue weighted by Crippen LogP contribution is 2.35. The van der Waals surface area contributed by atoms with Crippen LogP contribution in [-0.4, -0.2) is 38.8 Å². The molecule has 0 bridgehead atoms. The molecule has 2 rings (SSSR count). The van der Waals surface area contributed by atoms with Crippen molar-refractivity contribution in [1.29, 1.82) is 0 Å². The summed E-state index contributed by atoms with van der Waals surface area (Å²) < 4.78 is 32.0. The summed E-state index contributed by atoms with van der Waals surface area (Å²) in [6.45, 7) is 9.79. The van der Waals surface area contributed by atoms with E-state index < -0.39 is 16.1 Å². The summed E-state index contributed by atoms with van der Waals surface area (Å²) in [6, 6.07) is 6.91. The van der Waals surface area contributed by atoms with Crippen molar-refractivity contribution < 1.29 is 17.9 Å². The van der Waals surface area contributed by atoms with Crippen molar-refractivity contribution in [3.05, 3.63) is 24.3 Å². The van der Waals surface area contributed by atoms with Gasteiger partial charge in [0.05, 0.1) is 18.0 Å². The Morgan fingerprint density at radius 2 is 1.84 bits per heavy atom. The van der Waals surface area contributed by atoms with E-state index in [9.17, 15) is 13.2 Å². The normalized spacial score (nSPS) is 17.6. The van der Waals surface area contributed by atoms with E-state index in [0.717, 1.165) is 0 Å². The monoisotopic (exact) mass is 368 g/mol. The third-order valence-electron chi connectivity index (χ3n) is 4.47. The van der Waals surface area contributed by atoms with Crippen LogP contribution in [0.5, 0.6) is 5.75 Å². The number of nitrogens with zero attached hydrogens (tertiary/aromatic N) is 1. The Labute approximate surface area is 150 Å². The van der Waals surface area contributed by atoms with Gasteiger partial charge >= 0.3 is 0 Å². The Morgan fingerprint density at radius 3 is 2.40 bits per heavy atom. The number of ether oxygens (including phenoxy) is 1. The van der Waals surface area contributed by atoms with Gasteiger partial charge in [0.1, 0.15) is 5.75 Å². The minimum atomic E-state index is -3.49. The molecule has 140 valence electrons. The van der Waals surface area contributed by atoms with Gasteiger partial charge in [0.15, 0.2) is 6.10 Å². The zero-order valence-electron chi connectivity index (χ0n) is 15.5. The van der Waals surface area contributed by atoms with Crippen LogP contribution in [0.2, 0.25) is 0 Å². The Balaban J connectivity index is 2.28. The van der Waals surface area contributed by atoms with Crippen LogP contribution in [0, 0.1) is 11.8 Å². The van der Waals surface area contributed by atoms with Crippen LogP contribution in [0.3, 0.4) is 0 Å². The van der Waals surface area contributed by atoms with Gasteiger partial charge in [-0.15, -0.1) is 0 Å². The predicted molar refractivity (Wildman–Crippen MR) is 99.3 cm³/mol. The Kier molecular flexibility index (Phi) is 5.98. The quantitative estimate of drug-likeness (QED) is 0.837. The second-order valence-corrected chi connectivity index (χ2v) is 9.21. The zero-order valence-corrected chi connectivity index (χ0v) is 16.3. The summed E-state index contributed by atoms with van der Waals surface area (Å²) in [5.41, 5.74) is 0.484. The van der Waals surface area contributed by atoms with Gasteiger partial charge in [0.25, 0.3) is 5.91 Å². The fourth-order valence-electron chi connectivity index (χ4n) is 3.12. The first-order valence-corrected chi connectivity index (χ1v) is 10.3. The third kappa shape index (κ3) is 4.26. The second-order valence-electron chi connectivity index (χ2n) is 7.03. The number of amides is 1. The number of benzene rings is 1. The molecule has 0 fully saturated rings. The number of carbonyl (C=O) groups is 1. The summed E-state index contributed by atoms with van der Waals surface area (Å²) in [6.07, 6.45) is -0.865. The highest BCUT2D eigenvalue weighted by atomic mass is 32.2. The fraction of sp³-hybridized carbons (Fsp3) is 0.611. The van der Waals surface area contributed by atoms with Gasteiger partial charge in [-0.25, -0.2) is 8.42 Å². The molecule has 0 saturated heterocycles. The van der Waals surface area contributed by atoms with Crippen molar-refractivity contribution in [1.82, 2.24) is 5.32 Å². The maximum absolute atomic E-state index is 12.7. The summed E-state index contributed by atoms with van der Waals surface area (Å²) in [5, 5.41) is 3.02. The van der Waals surface area contributed by atoms with Gasteiger partial charge in [-0.05, 0) is 30.9 Å². The number of hydrogen-bond acceptors (Lipinski definition) is 4. The number of nitrogens with one attached hydrogen (secondary N) is 1. The van der Waals surface area contributed by atoms with Crippen LogP contribution in [0.15, 0.2) is 24.3 Å². The second kappa shape index (κ2) is 7.64. The van der Waals surface area contributed by atoms with E-state index in [1.165, 1.54) is 4.31 Å². The predicted octanol–water partition coefficient (Wildman–Crippen LogP) is 2.40. The molecule has 1 heterocycles. The maximum Gasteiger partial charge on any atom is 0.263 e. The molecule has 1 aromatic rings. The molecule has 1 aliphatic heterocycles. The molecular weight excluding hydrogens is 340 g/mol. The molecule has 1 aliphatic rings. The van der Waals surface area contributed by atoms with E-state index in [2.05, 4.69) is 33.0 Å². The molecule has 6 nitrogen and oxygen atoms in total. The number of anilines is 1. The number of hydrogen-bond donors (Lipinski definition) is 1. The van der Waals surface area contributed by atoms with E-state index in [1.54, 1.807) is 31.2 Å². The van der Waals surface area contributed by atoms with E-state index in [4.69, 9.17) is 4.74 Å². The van der Waals surface area contributed by atoms with Crippen LogP contribution in [0.1, 0.15) is 34.6 Å². The van der Waals surface area contributed by atoms with Crippen molar-refractivity contribution in [2.45, 2.75) is 46.8 Å². The van der Waals surface area contributed by atoms with Gasteiger partial charge in [0, 0.05) is 6.04 Å². The minimum absolute atomic E-state index is 0.00417. The number of carbonyl (C=O) groups excluding carboxylic acids is 1. The molecule has 0 aromatic heterocycles. The molecular formula is C18H28N2O4S. The third-order valence-corrected chi connectivity index (χ3v) is 6.22. The van der Waals surface area contributed by atoms with Crippen molar-refractivity contribution in [3.8, 4) is 5.75 Å². The smallest absolute Gasteiger partial charge is 0.263 e. The van der Waals surface area contributed by atoms with Gasteiger partial charge in [-0.3, -0.25) is 9.10 Å². The summed E-state index contributed by atoms with van der Waals surface area (Å²) in [5.74, 6) is 0.649. The van der Waals surface area contributed by atoms with Gasteiger partial charge in [-0.2, -0.15) is 0 Å². The number of para-hydroxylation sites is 2. The fourth-order valence-corrected chi connectivity index (χ4v) is 4.24. The molecule has 0 unspecified atom stereocenters. The first-order valence-electron chi connectivity index (χ1n) is 8.73. The summed E-state index contributed by atoms with van der Waals surface area (Å²) in [4.78, 5) is 12.7. The van der Waals surface area contributed by atoms with Crippen LogP contribution in [0.4, 0.5) is 5.69 Å². The van der Waals surface area contributed by atoms with Crippen LogP contribution in [-0.2, 0) is 14.8 Å². The average molecular weight is 368 g/mol. The lowest BCUT2D eigenvalue weighted by Gasteiger charge is -2.36. The number of fused-ring (bicyclic) bond motifs is 1. The largest absolute Gasteiger partial charge is 0.476 e. The van der Waals surface area contributed by atoms with Crippen molar-refractivity contribution >= 4 is 21.6 Å². The first-order chi connectivity index (χ1) is 11.7. The molecule has 1 amide bonds. The zero-order chi connectivity index (χ0) is 18.8. The molecule has 0 spiro atoms. The van der Waals surface area contributed by atoms with E-state index in [-0.39, 0.29) is 36.1 Å². The highest BCUT2D eigenvalue weighted by molar-refractivity contribution is 7.92. The van der Waals surface area contributed by atoms with Crippen LogP contribution >= 0.6 is 0 Å². The van der Waals surface area contributed by atoms with Crippen LogP contribution < -0.4 is 14.4 Å². The highest BCUT2D eigenvalue weighted by Gasteiger charge is 2.36. The van der Waals surface area contributed by atoms with Crippen molar-refractivity contribution in [2.75, 3.05) is 16.6 Å². The first kappa shape index (κ1) is 19.6. The molecule has 0 saturated carbocycles. The molecule has 1 N–H and O–H groups in total. The van der Waals surface area contributed by atoms with Gasteiger partial charge in [-0.1, -0.05) is 39.8 Å². The topological polar surface area (TPSA) is 75.7 Å². The molecule has 7 heteroatoms. The number of sulfonamides is 1. The van der Waals surface area contributed by atoms with E-state index >= 15 is 0 Å². The summed E-state index contributed by atoms with van der Waals surface area (Å²) in [7, 11) is -3.49. The number of rotatable bonds is 6. The lowest BCUT2D eigenvalue weighted by Crippen LogP contribution is -2.54. The molecule has 0 aliphatic carbocycles. The van der Waals surface area contributed by atoms with E-state index in [0.29, 0.717) is 11.4 Å². The molecule has 1 aromatic carbocycles. The SMILES string of the molecule is CCS(=O)(=O)N1C[C@H](C(=O)NC(C(C)C)C(C)C)Oc2ccccc21. The minimum Gasteiger partial charge on any atom is -0.476 e. The Bertz CT molecular complexity index is 708. The summed E-state index contributed by atoms with van der Waals surface area (Å²) >= 11 is 0. The Hall–Kier alpha value is -1.76. The lowest BCUT2D eigenvalue weighted by molar-refractivity contribution is -0.129.